The number of methoxy groups -OCH3 is 2. The molecule has 2 heterocycles. The van der Waals surface area contributed by atoms with Crippen molar-refractivity contribution in [3.8, 4) is 11.5 Å². The van der Waals surface area contributed by atoms with E-state index in [0.29, 0.717) is 36.0 Å². The Balaban J connectivity index is 1.43. The summed E-state index contributed by atoms with van der Waals surface area (Å²) in [7, 11) is -0.366. The number of sulfonamides is 1. The summed E-state index contributed by atoms with van der Waals surface area (Å²) in [4.78, 5) is 12.9. The molecule has 2 aromatic carbocycles. The zero-order valence-corrected chi connectivity index (χ0v) is 20.4. The van der Waals surface area contributed by atoms with Crippen molar-refractivity contribution in [3.05, 3.63) is 54.2 Å². The Morgan fingerprint density at radius 3 is 2.38 bits per heavy atom. The zero-order chi connectivity index (χ0) is 24.1. The quantitative estimate of drug-likeness (QED) is 0.527. The first kappa shape index (κ1) is 24.1. The van der Waals surface area contributed by atoms with Gasteiger partial charge in [-0.2, -0.15) is 4.31 Å². The van der Waals surface area contributed by atoms with Gasteiger partial charge in [0.2, 0.25) is 15.9 Å². The molecule has 1 aromatic heterocycles. The van der Waals surface area contributed by atoms with Crippen molar-refractivity contribution < 1.29 is 22.7 Å². The number of ether oxygens (including phenoxy) is 2. The molecule has 1 amide bonds. The van der Waals surface area contributed by atoms with Crippen LogP contribution in [-0.4, -0.2) is 50.5 Å². The van der Waals surface area contributed by atoms with Gasteiger partial charge in [-0.25, -0.2) is 8.42 Å². The second kappa shape index (κ2) is 10.5. The number of fused-ring (bicyclic) bond motifs is 1. The van der Waals surface area contributed by atoms with E-state index < -0.39 is 10.0 Å². The SMILES string of the molecule is COc1ccc(CNC(=O)Cn2ccc3cc(S(=O)(=O)N4CCCCCC4)ccc32)cc1OC. The van der Waals surface area contributed by atoms with Crippen molar-refractivity contribution in [2.75, 3.05) is 27.3 Å². The summed E-state index contributed by atoms with van der Waals surface area (Å²) in [5.41, 5.74) is 1.71. The van der Waals surface area contributed by atoms with Crippen LogP contribution in [-0.2, 0) is 27.9 Å². The molecule has 182 valence electrons. The number of nitrogens with zero attached hydrogens (tertiary/aromatic N) is 2. The third kappa shape index (κ3) is 5.20. The van der Waals surface area contributed by atoms with Crippen molar-refractivity contribution >= 4 is 26.8 Å². The van der Waals surface area contributed by atoms with Crippen LogP contribution in [0.25, 0.3) is 10.9 Å². The maximum Gasteiger partial charge on any atom is 0.243 e. The molecule has 34 heavy (non-hydrogen) atoms. The number of amides is 1. The van der Waals surface area contributed by atoms with Crippen LogP contribution in [0.4, 0.5) is 0 Å². The molecule has 9 heteroatoms. The lowest BCUT2D eigenvalue weighted by Crippen LogP contribution is -2.31. The van der Waals surface area contributed by atoms with Gasteiger partial charge in [-0.3, -0.25) is 4.79 Å². The van der Waals surface area contributed by atoms with Gasteiger partial charge in [0.05, 0.1) is 19.1 Å². The van der Waals surface area contributed by atoms with Gasteiger partial charge in [-0.05, 0) is 54.8 Å². The van der Waals surface area contributed by atoms with Crippen molar-refractivity contribution in [1.29, 1.82) is 0 Å². The summed E-state index contributed by atoms with van der Waals surface area (Å²) < 4.78 is 40.2. The average Bonchev–Trinajstić information content (AvgIpc) is 3.05. The standard InChI is InChI=1S/C25H31N3O5S/c1-32-23-10-7-19(15-24(23)33-2)17-26-25(29)18-27-14-11-20-16-21(8-9-22(20)27)34(30,31)28-12-5-3-4-6-13-28/h7-11,14-16H,3-6,12-13,17-18H2,1-2H3,(H,26,29). The minimum absolute atomic E-state index is 0.134. The molecule has 1 aliphatic heterocycles. The normalized spacial score (nSPS) is 15.1. The third-order valence-electron chi connectivity index (χ3n) is 6.20. The van der Waals surface area contributed by atoms with Crippen LogP contribution >= 0.6 is 0 Å². The van der Waals surface area contributed by atoms with Crippen molar-refractivity contribution in [2.24, 2.45) is 0 Å². The van der Waals surface area contributed by atoms with Crippen molar-refractivity contribution in [2.45, 2.75) is 43.7 Å². The van der Waals surface area contributed by atoms with Gasteiger partial charge in [0, 0.05) is 36.7 Å². The number of aromatic nitrogens is 1. The highest BCUT2D eigenvalue weighted by Gasteiger charge is 2.25. The number of hydrogen-bond donors (Lipinski definition) is 1. The number of hydrogen-bond acceptors (Lipinski definition) is 5. The average molecular weight is 486 g/mol. The molecule has 1 fully saturated rings. The molecule has 1 saturated heterocycles. The van der Waals surface area contributed by atoms with E-state index >= 15 is 0 Å². The molecule has 0 aliphatic carbocycles. The lowest BCUT2D eigenvalue weighted by molar-refractivity contribution is -0.121. The Bertz CT molecular complexity index is 1260. The molecule has 8 nitrogen and oxygen atoms in total. The molecule has 1 N–H and O–H groups in total. The van der Waals surface area contributed by atoms with E-state index in [0.717, 1.165) is 42.1 Å². The molecule has 1 aliphatic rings. The predicted octanol–water partition coefficient (Wildman–Crippen LogP) is 3.54. The maximum absolute atomic E-state index is 13.1. The van der Waals surface area contributed by atoms with E-state index in [1.807, 2.05) is 29.0 Å². The number of rotatable bonds is 8. The summed E-state index contributed by atoms with van der Waals surface area (Å²) in [6.07, 6.45) is 5.75. The van der Waals surface area contributed by atoms with Crippen LogP contribution in [0.1, 0.15) is 31.2 Å². The highest BCUT2D eigenvalue weighted by atomic mass is 32.2. The van der Waals surface area contributed by atoms with Gasteiger partial charge in [0.15, 0.2) is 11.5 Å². The zero-order valence-electron chi connectivity index (χ0n) is 19.6. The fourth-order valence-corrected chi connectivity index (χ4v) is 5.86. The summed E-state index contributed by atoms with van der Waals surface area (Å²) >= 11 is 0. The van der Waals surface area contributed by atoms with Crippen molar-refractivity contribution in [3.63, 3.8) is 0 Å². The topological polar surface area (TPSA) is 89.9 Å². The molecule has 0 radical (unpaired) electrons. The van der Waals surface area contributed by atoms with E-state index in [1.54, 1.807) is 42.8 Å². The van der Waals surface area contributed by atoms with Gasteiger partial charge in [-0.1, -0.05) is 18.9 Å². The highest BCUT2D eigenvalue weighted by Crippen LogP contribution is 2.28. The van der Waals surface area contributed by atoms with Gasteiger partial charge >= 0.3 is 0 Å². The van der Waals surface area contributed by atoms with E-state index in [1.165, 1.54) is 0 Å². The predicted molar refractivity (Wildman–Crippen MR) is 131 cm³/mol. The number of carbonyl (C=O) groups is 1. The largest absolute Gasteiger partial charge is 0.493 e. The minimum Gasteiger partial charge on any atom is -0.493 e. The lowest BCUT2D eigenvalue weighted by Gasteiger charge is -2.20. The van der Waals surface area contributed by atoms with Gasteiger partial charge < -0.3 is 19.4 Å². The second-order valence-electron chi connectivity index (χ2n) is 8.45. The number of nitrogens with one attached hydrogen (secondary N) is 1. The Kier molecular flexibility index (Phi) is 7.43. The molecular formula is C25H31N3O5S. The molecule has 3 aromatic rings. The summed E-state index contributed by atoms with van der Waals surface area (Å²) in [5, 5.41) is 3.71. The van der Waals surface area contributed by atoms with Gasteiger partial charge in [0.1, 0.15) is 6.54 Å². The smallest absolute Gasteiger partial charge is 0.243 e. The summed E-state index contributed by atoms with van der Waals surface area (Å²) in [5.74, 6) is 1.10. The van der Waals surface area contributed by atoms with Crippen LogP contribution < -0.4 is 14.8 Å². The second-order valence-corrected chi connectivity index (χ2v) is 10.4. The van der Waals surface area contributed by atoms with Gasteiger partial charge in [0.25, 0.3) is 0 Å². The van der Waals surface area contributed by atoms with E-state index in [-0.39, 0.29) is 12.5 Å². The molecule has 0 bridgehead atoms. The minimum atomic E-state index is -3.52. The molecule has 0 saturated carbocycles. The van der Waals surface area contributed by atoms with Crippen LogP contribution in [0.2, 0.25) is 0 Å². The van der Waals surface area contributed by atoms with Crippen LogP contribution in [0.5, 0.6) is 11.5 Å². The van der Waals surface area contributed by atoms with Crippen LogP contribution in [0, 0.1) is 0 Å². The first-order valence-electron chi connectivity index (χ1n) is 11.5. The highest BCUT2D eigenvalue weighted by molar-refractivity contribution is 7.89. The first-order valence-corrected chi connectivity index (χ1v) is 12.9. The Hall–Kier alpha value is -3.04. The van der Waals surface area contributed by atoms with E-state index in [2.05, 4.69) is 5.32 Å². The molecule has 4 rings (SSSR count). The summed E-state index contributed by atoms with van der Waals surface area (Å²) in [6, 6.07) is 12.5. The van der Waals surface area contributed by atoms with E-state index in [9.17, 15) is 13.2 Å². The summed E-state index contributed by atoms with van der Waals surface area (Å²) in [6.45, 7) is 1.63. The Labute approximate surface area is 200 Å². The fourth-order valence-electron chi connectivity index (χ4n) is 4.31. The number of benzene rings is 2. The maximum atomic E-state index is 13.1. The van der Waals surface area contributed by atoms with Crippen LogP contribution in [0.15, 0.2) is 53.6 Å². The van der Waals surface area contributed by atoms with E-state index in [4.69, 9.17) is 9.47 Å². The third-order valence-corrected chi connectivity index (χ3v) is 8.09. The Morgan fingerprint density at radius 2 is 1.68 bits per heavy atom. The van der Waals surface area contributed by atoms with Crippen molar-refractivity contribution in [1.82, 2.24) is 14.2 Å². The Morgan fingerprint density at radius 1 is 0.941 bits per heavy atom. The number of carbonyl (C=O) groups excluding carboxylic acids is 1. The molecular weight excluding hydrogens is 454 g/mol. The fraction of sp³-hybridized carbons (Fsp3) is 0.400. The first-order chi connectivity index (χ1) is 16.4. The monoisotopic (exact) mass is 485 g/mol. The lowest BCUT2D eigenvalue weighted by atomic mass is 10.2. The molecule has 0 unspecified atom stereocenters. The molecule has 0 atom stereocenters. The molecule has 0 spiro atoms. The van der Waals surface area contributed by atoms with Gasteiger partial charge in [-0.15, -0.1) is 0 Å². The van der Waals surface area contributed by atoms with Crippen LogP contribution in [0.3, 0.4) is 0 Å².